The molecule has 0 spiro atoms. The second-order valence-electron chi connectivity index (χ2n) is 5.66. The van der Waals surface area contributed by atoms with Crippen molar-refractivity contribution in [3.63, 3.8) is 0 Å². The van der Waals surface area contributed by atoms with E-state index in [1.807, 2.05) is 4.90 Å². The topological polar surface area (TPSA) is 40.5 Å². The van der Waals surface area contributed by atoms with Crippen molar-refractivity contribution < 1.29 is 9.90 Å². The average molecular weight is 340 g/mol. The molecular weight excluding hydrogens is 318 g/mol. The molecule has 1 heterocycles. The molecule has 1 aromatic carbocycles. The zero-order chi connectivity index (χ0) is 14.8. The molecule has 1 amide bonds. The summed E-state index contributed by atoms with van der Waals surface area (Å²) in [6.45, 7) is 6.04. The third-order valence-electron chi connectivity index (χ3n) is 4.80. The van der Waals surface area contributed by atoms with Crippen molar-refractivity contribution >= 4 is 21.8 Å². The van der Waals surface area contributed by atoms with Crippen LogP contribution in [-0.4, -0.2) is 29.0 Å². The fraction of sp³-hybridized carbons (Fsp3) is 0.562. The van der Waals surface area contributed by atoms with E-state index in [4.69, 9.17) is 0 Å². The van der Waals surface area contributed by atoms with Crippen molar-refractivity contribution in [2.45, 2.75) is 39.5 Å². The van der Waals surface area contributed by atoms with Gasteiger partial charge in [0, 0.05) is 17.6 Å². The summed E-state index contributed by atoms with van der Waals surface area (Å²) >= 11 is 3.35. The summed E-state index contributed by atoms with van der Waals surface area (Å²) in [7, 11) is 0. The van der Waals surface area contributed by atoms with Crippen molar-refractivity contribution in [1.29, 1.82) is 0 Å². The van der Waals surface area contributed by atoms with Crippen LogP contribution in [0.2, 0.25) is 0 Å². The third-order valence-corrected chi connectivity index (χ3v) is 5.29. The number of rotatable bonds is 3. The third kappa shape index (κ3) is 3.00. The van der Waals surface area contributed by atoms with E-state index < -0.39 is 0 Å². The molecule has 0 saturated carbocycles. The van der Waals surface area contributed by atoms with E-state index in [1.54, 1.807) is 18.2 Å². The summed E-state index contributed by atoms with van der Waals surface area (Å²) in [5.41, 5.74) is 0.788. The molecule has 1 N–H and O–H groups in total. The Labute approximate surface area is 129 Å². The molecule has 1 saturated heterocycles. The summed E-state index contributed by atoms with van der Waals surface area (Å²) in [4.78, 5) is 14.4. The number of piperidine rings is 1. The van der Waals surface area contributed by atoms with Gasteiger partial charge < -0.3 is 10.0 Å². The number of nitrogens with zero attached hydrogens (tertiary/aromatic N) is 1. The van der Waals surface area contributed by atoms with Crippen LogP contribution in [0.15, 0.2) is 22.7 Å². The Balaban J connectivity index is 2.10. The molecular formula is C16H22BrNO2. The van der Waals surface area contributed by atoms with Gasteiger partial charge in [0.25, 0.3) is 5.91 Å². The molecule has 4 heteroatoms. The molecule has 1 aromatic rings. The first kappa shape index (κ1) is 15.4. The number of phenols is 1. The van der Waals surface area contributed by atoms with Gasteiger partial charge in [-0.2, -0.15) is 0 Å². The van der Waals surface area contributed by atoms with E-state index in [0.29, 0.717) is 11.0 Å². The van der Waals surface area contributed by atoms with Gasteiger partial charge in [-0.1, -0.05) is 42.6 Å². The van der Waals surface area contributed by atoms with Crippen LogP contribution in [0.4, 0.5) is 0 Å². The lowest BCUT2D eigenvalue weighted by atomic mass is 9.74. The lowest BCUT2D eigenvalue weighted by Gasteiger charge is -2.41. The highest BCUT2D eigenvalue weighted by atomic mass is 79.9. The first-order valence-electron chi connectivity index (χ1n) is 7.29. The summed E-state index contributed by atoms with van der Waals surface area (Å²) in [5, 5.41) is 9.86. The Kier molecular flexibility index (Phi) is 4.74. The molecule has 1 aliphatic rings. The first-order chi connectivity index (χ1) is 9.51. The molecule has 3 nitrogen and oxygen atoms in total. The Morgan fingerprint density at radius 2 is 1.90 bits per heavy atom. The average Bonchev–Trinajstić information content (AvgIpc) is 2.49. The van der Waals surface area contributed by atoms with Crippen LogP contribution >= 0.6 is 15.9 Å². The minimum Gasteiger partial charge on any atom is -0.507 e. The minimum absolute atomic E-state index is 0.0565. The SMILES string of the molecule is CCC1(CC)CCN(C(=O)c2cc(Br)ccc2O)CC1. The van der Waals surface area contributed by atoms with E-state index >= 15 is 0 Å². The maximum absolute atomic E-state index is 12.5. The van der Waals surface area contributed by atoms with Crippen molar-refractivity contribution in [3.05, 3.63) is 28.2 Å². The van der Waals surface area contributed by atoms with Crippen LogP contribution in [0.1, 0.15) is 49.9 Å². The molecule has 0 bridgehead atoms. The Bertz CT molecular complexity index is 487. The molecule has 0 atom stereocenters. The number of aromatic hydroxyl groups is 1. The summed E-state index contributed by atoms with van der Waals surface area (Å²) in [6.07, 6.45) is 4.46. The highest BCUT2D eigenvalue weighted by Gasteiger charge is 2.33. The van der Waals surface area contributed by atoms with Gasteiger partial charge in [0.15, 0.2) is 0 Å². The maximum Gasteiger partial charge on any atom is 0.257 e. The van der Waals surface area contributed by atoms with Gasteiger partial charge in [-0.3, -0.25) is 4.79 Å². The Morgan fingerprint density at radius 3 is 2.45 bits per heavy atom. The summed E-state index contributed by atoms with van der Waals surface area (Å²) < 4.78 is 0.812. The largest absolute Gasteiger partial charge is 0.507 e. The number of carbonyl (C=O) groups excluding carboxylic acids is 1. The van der Waals surface area contributed by atoms with Crippen LogP contribution in [-0.2, 0) is 0 Å². The van der Waals surface area contributed by atoms with Gasteiger partial charge in [0.1, 0.15) is 5.75 Å². The lowest BCUT2D eigenvalue weighted by molar-refractivity contribution is 0.0555. The second-order valence-corrected chi connectivity index (χ2v) is 6.58. The lowest BCUT2D eigenvalue weighted by Crippen LogP contribution is -2.42. The molecule has 0 aliphatic carbocycles. The number of hydrogen-bond acceptors (Lipinski definition) is 2. The molecule has 0 aromatic heterocycles. The van der Waals surface area contributed by atoms with Crippen LogP contribution in [0, 0.1) is 5.41 Å². The smallest absolute Gasteiger partial charge is 0.257 e. The summed E-state index contributed by atoms with van der Waals surface area (Å²) in [6, 6.07) is 4.99. The fourth-order valence-corrected chi connectivity index (χ4v) is 3.35. The minimum atomic E-state index is -0.0652. The molecule has 20 heavy (non-hydrogen) atoms. The van der Waals surface area contributed by atoms with Crippen molar-refractivity contribution in [2.75, 3.05) is 13.1 Å². The quantitative estimate of drug-likeness (QED) is 0.896. The maximum atomic E-state index is 12.5. The normalized spacial score (nSPS) is 18.1. The van der Waals surface area contributed by atoms with Crippen molar-refractivity contribution in [1.82, 2.24) is 4.90 Å². The molecule has 110 valence electrons. The number of amides is 1. The van der Waals surface area contributed by atoms with E-state index in [2.05, 4.69) is 29.8 Å². The van der Waals surface area contributed by atoms with Crippen molar-refractivity contribution in [2.24, 2.45) is 5.41 Å². The van der Waals surface area contributed by atoms with Crippen LogP contribution < -0.4 is 0 Å². The molecule has 0 radical (unpaired) electrons. The fourth-order valence-electron chi connectivity index (χ4n) is 2.99. The number of benzene rings is 1. The van der Waals surface area contributed by atoms with E-state index in [0.717, 1.165) is 30.4 Å². The first-order valence-corrected chi connectivity index (χ1v) is 8.08. The monoisotopic (exact) mass is 339 g/mol. The van der Waals surface area contributed by atoms with Gasteiger partial charge in [-0.05, 0) is 36.5 Å². The van der Waals surface area contributed by atoms with Crippen LogP contribution in [0.5, 0.6) is 5.75 Å². The number of halogens is 1. The molecule has 2 rings (SSSR count). The number of phenolic OH excluding ortho intramolecular Hbond substituents is 1. The van der Waals surface area contributed by atoms with Gasteiger partial charge in [0.2, 0.25) is 0 Å². The Hall–Kier alpha value is -1.03. The predicted octanol–water partition coefficient (Wildman–Crippen LogP) is 4.20. The van der Waals surface area contributed by atoms with E-state index in [1.165, 1.54) is 12.8 Å². The van der Waals surface area contributed by atoms with Gasteiger partial charge in [-0.15, -0.1) is 0 Å². The van der Waals surface area contributed by atoms with Crippen LogP contribution in [0.25, 0.3) is 0 Å². The van der Waals surface area contributed by atoms with E-state index in [9.17, 15) is 9.90 Å². The number of carbonyl (C=O) groups is 1. The standard InChI is InChI=1S/C16H22BrNO2/c1-3-16(4-2)7-9-18(10-8-16)15(20)13-11-12(17)5-6-14(13)19/h5-6,11,19H,3-4,7-10H2,1-2H3. The highest BCUT2D eigenvalue weighted by Crippen LogP contribution is 2.38. The van der Waals surface area contributed by atoms with Crippen molar-refractivity contribution in [3.8, 4) is 5.75 Å². The second kappa shape index (κ2) is 6.17. The highest BCUT2D eigenvalue weighted by molar-refractivity contribution is 9.10. The molecule has 1 aliphatic heterocycles. The molecule has 1 fully saturated rings. The van der Waals surface area contributed by atoms with Gasteiger partial charge in [-0.25, -0.2) is 0 Å². The zero-order valence-electron chi connectivity index (χ0n) is 12.2. The van der Waals surface area contributed by atoms with Crippen LogP contribution in [0.3, 0.4) is 0 Å². The Morgan fingerprint density at radius 1 is 1.30 bits per heavy atom. The predicted molar refractivity (Wildman–Crippen MR) is 84.0 cm³/mol. The zero-order valence-corrected chi connectivity index (χ0v) is 13.7. The van der Waals surface area contributed by atoms with Gasteiger partial charge >= 0.3 is 0 Å². The number of likely N-dealkylation sites (tertiary alicyclic amines) is 1. The van der Waals surface area contributed by atoms with Gasteiger partial charge in [0.05, 0.1) is 5.56 Å². The van der Waals surface area contributed by atoms with E-state index in [-0.39, 0.29) is 11.7 Å². The molecule has 0 unspecified atom stereocenters. The number of hydrogen-bond donors (Lipinski definition) is 1. The summed E-state index contributed by atoms with van der Waals surface area (Å²) in [5.74, 6) is -0.00868.